The van der Waals surface area contributed by atoms with E-state index in [4.69, 9.17) is 5.11 Å². The van der Waals surface area contributed by atoms with Crippen molar-refractivity contribution in [2.24, 2.45) is 0 Å². The Morgan fingerprint density at radius 2 is 2.09 bits per heavy atom. The molecule has 1 unspecified atom stereocenters. The van der Waals surface area contributed by atoms with Crippen molar-refractivity contribution in [3.05, 3.63) is 40.9 Å². The summed E-state index contributed by atoms with van der Waals surface area (Å²) in [6, 6.07) is 7.82. The van der Waals surface area contributed by atoms with Gasteiger partial charge in [-0.25, -0.2) is 4.98 Å². The molecule has 1 heterocycles. The molecule has 0 aliphatic heterocycles. The number of carboxylic acids is 1. The smallest absolute Gasteiger partial charge is 0.307 e. The quantitative estimate of drug-likeness (QED) is 0.655. The van der Waals surface area contributed by atoms with Crippen molar-refractivity contribution in [3.63, 3.8) is 0 Å². The molecule has 0 fully saturated rings. The van der Waals surface area contributed by atoms with Crippen molar-refractivity contribution in [2.45, 2.75) is 39.2 Å². The number of nitrogens with one attached hydrogen (secondary N) is 2. The first-order valence-corrected chi connectivity index (χ1v) is 8.70. The maximum absolute atomic E-state index is 10.7. The number of aromatic nitrogens is 1. The molecule has 0 bridgehead atoms. The zero-order chi connectivity index (χ0) is 16.7. The third-order valence-electron chi connectivity index (χ3n) is 3.37. The SMILES string of the molecule is CCCNC(C)Cc1csc(Nc2ccc(CC(=O)O)cc2)n1. The Morgan fingerprint density at radius 1 is 1.35 bits per heavy atom. The van der Waals surface area contributed by atoms with Gasteiger partial charge in [-0.2, -0.15) is 0 Å². The first kappa shape index (κ1) is 17.4. The van der Waals surface area contributed by atoms with E-state index in [0.29, 0.717) is 6.04 Å². The van der Waals surface area contributed by atoms with Crippen LogP contribution in [0.15, 0.2) is 29.6 Å². The van der Waals surface area contributed by atoms with E-state index >= 15 is 0 Å². The average molecular weight is 333 g/mol. The van der Waals surface area contributed by atoms with Crippen molar-refractivity contribution in [1.29, 1.82) is 0 Å². The van der Waals surface area contributed by atoms with Crippen LogP contribution in [0.1, 0.15) is 31.5 Å². The molecule has 0 aliphatic carbocycles. The van der Waals surface area contributed by atoms with Crippen molar-refractivity contribution >= 4 is 28.1 Å². The van der Waals surface area contributed by atoms with E-state index in [9.17, 15) is 4.79 Å². The van der Waals surface area contributed by atoms with Crippen LogP contribution < -0.4 is 10.6 Å². The molecular weight excluding hydrogens is 310 g/mol. The van der Waals surface area contributed by atoms with E-state index in [1.54, 1.807) is 11.3 Å². The molecule has 0 spiro atoms. The molecule has 0 radical (unpaired) electrons. The summed E-state index contributed by atoms with van der Waals surface area (Å²) >= 11 is 1.58. The van der Waals surface area contributed by atoms with Crippen molar-refractivity contribution in [3.8, 4) is 0 Å². The molecule has 0 amide bonds. The van der Waals surface area contributed by atoms with E-state index < -0.39 is 5.97 Å². The van der Waals surface area contributed by atoms with Gasteiger partial charge in [-0.1, -0.05) is 19.1 Å². The minimum Gasteiger partial charge on any atom is -0.481 e. The second-order valence-electron chi connectivity index (χ2n) is 5.60. The Hall–Kier alpha value is -1.92. The van der Waals surface area contributed by atoms with Gasteiger partial charge in [0.05, 0.1) is 12.1 Å². The third kappa shape index (κ3) is 6.00. The summed E-state index contributed by atoms with van der Waals surface area (Å²) in [5.41, 5.74) is 2.78. The Morgan fingerprint density at radius 3 is 2.74 bits per heavy atom. The maximum atomic E-state index is 10.7. The number of hydrogen-bond donors (Lipinski definition) is 3. The van der Waals surface area contributed by atoms with E-state index in [1.165, 1.54) is 0 Å². The summed E-state index contributed by atoms with van der Waals surface area (Å²) in [6.07, 6.45) is 2.09. The molecule has 1 aromatic carbocycles. The fraction of sp³-hybridized carbons (Fsp3) is 0.412. The molecule has 0 aliphatic rings. The number of carboxylic acid groups (broad SMARTS) is 1. The van der Waals surface area contributed by atoms with Gasteiger partial charge < -0.3 is 15.7 Å². The number of nitrogens with zero attached hydrogens (tertiary/aromatic N) is 1. The van der Waals surface area contributed by atoms with E-state index in [0.717, 1.165) is 41.5 Å². The zero-order valence-electron chi connectivity index (χ0n) is 13.5. The predicted octanol–water partition coefficient (Wildman–Crippen LogP) is 3.44. The summed E-state index contributed by atoms with van der Waals surface area (Å²) < 4.78 is 0. The first-order valence-electron chi connectivity index (χ1n) is 7.82. The standard InChI is InChI=1S/C17H23N3O2S/c1-3-8-18-12(2)9-15-11-23-17(20-15)19-14-6-4-13(5-7-14)10-16(21)22/h4-7,11-12,18H,3,8-10H2,1-2H3,(H,19,20)(H,21,22). The predicted molar refractivity (Wildman–Crippen MR) is 94.6 cm³/mol. The molecule has 5 nitrogen and oxygen atoms in total. The van der Waals surface area contributed by atoms with Crippen LogP contribution in [0.2, 0.25) is 0 Å². The number of anilines is 2. The fourth-order valence-electron chi connectivity index (χ4n) is 2.24. The number of thiazole rings is 1. The van der Waals surface area contributed by atoms with Gasteiger partial charge in [-0.15, -0.1) is 11.3 Å². The number of carbonyl (C=O) groups is 1. The van der Waals surface area contributed by atoms with Crippen LogP contribution in [0.4, 0.5) is 10.8 Å². The second kappa shape index (κ2) is 8.64. The monoisotopic (exact) mass is 333 g/mol. The summed E-state index contributed by atoms with van der Waals surface area (Å²) in [7, 11) is 0. The molecule has 6 heteroatoms. The summed E-state index contributed by atoms with van der Waals surface area (Å²) in [5, 5.41) is 18.4. The molecular formula is C17H23N3O2S. The van der Waals surface area contributed by atoms with Gasteiger partial charge in [0.25, 0.3) is 0 Å². The first-order chi connectivity index (χ1) is 11.1. The Labute approximate surface area is 140 Å². The molecule has 1 aromatic heterocycles. The lowest BCUT2D eigenvalue weighted by atomic mass is 10.1. The Balaban J connectivity index is 1.89. The molecule has 2 rings (SSSR count). The number of rotatable bonds is 9. The Bertz CT molecular complexity index is 625. The van der Waals surface area contributed by atoms with Crippen LogP contribution in [0, 0.1) is 0 Å². The highest BCUT2D eigenvalue weighted by atomic mass is 32.1. The highest BCUT2D eigenvalue weighted by Gasteiger charge is 2.07. The second-order valence-corrected chi connectivity index (χ2v) is 6.45. The van der Waals surface area contributed by atoms with Gasteiger partial charge in [-0.3, -0.25) is 4.79 Å². The molecule has 0 saturated heterocycles. The van der Waals surface area contributed by atoms with E-state index in [1.807, 2.05) is 24.3 Å². The van der Waals surface area contributed by atoms with E-state index in [-0.39, 0.29) is 6.42 Å². The topological polar surface area (TPSA) is 74.2 Å². The lowest BCUT2D eigenvalue weighted by molar-refractivity contribution is -0.136. The number of aliphatic carboxylic acids is 1. The highest BCUT2D eigenvalue weighted by molar-refractivity contribution is 7.13. The van der Waals surface area contributed by atoms with Gasteiger partial charge in [0.1, 0.15) is 0 Å². The van der Waals surface area contributed by atoms with Crippen molar-refractivity contribution in [2.75, 3.05) is 11.9 Å². The van der Waals surface area contributed by atoms with Crippen LogP contribution in [-0.2, 0) is 17.6 Å². The molecule has 0 saturated carbocycles. The molecule has 2 aromatic rings. The number of benzene rings is 1. The zero-order valence-corrected chi connectivity index (χ0v) is 14.3. The van der Waals surface area contributed by atoms with Crippen LogP contribution in [0.25, 0.3) is 0 Å². The minimum atomic E-state index is -0.818. The average Bonchev–Trinajstić information content (AvgIpc) is 2.93. The van der Waals surface area contributed by atoms with Crippen molar-refractivity contribution in [1.82, 2.24) is 10.3 Å². The fourth-order valence-corrected chi connectivity index (χ4v) is 2.98. The van der Waals surface area contributed by atoms with Crippen molar-refractivity contribution < 1.29 is 9.90 Å². The summed E-state index contributed by atoms with van der Waals surface area (Å²) in [5.74, 6) is -0.818. The lowest BCUT2D eigenvalue weighted by Gasteiger charge is -2.10. The molecule has 124 valence electrons. The minimum absolute atomic E-state index is 0.0460. The van der Waals surface area contributed by atoms with Crippen LogP contribution in [-0.4, -0.2) is 28.6 Å². The normalized spacial score (nSPS) is 12.1. The van der Waals surface area contributed by atoms with Gasteiger partial charge in [0.15, 0.2) is 5.13 Å². The maximum Gasteiger partial charge on any atom is 0.307 e. The van der Waals surface area contributed by atoms with E-state index in [2.05, 4.69) is 34.8 Å². The van der Waals surface area contributed by atoms with Gasteiger partial charge in [-0.05, 0) is 37.6 Å². The summed E-state index contributed by atoms with van der Waals surface area (Å²) in [6.45, 7) is 5.36. The molecule has 1 atom stereocenters. The van der Waals surface area contributed by atoms with Crippen LogP contribution in [0.3, 0.4) is 0 Å². The molecule has 3 N–H and O–H groups in total. The Kier molecular flexibility index (Phi) is 6.55. The highest BCUT2D eigenvalue weighted by Crippen LogP contribution is 2.22. The molecule has 23 heavy (non-hydrogen) atoms. The van der Waals surface area contributed by atoms with Crippen LogP contribution in [0.5, 0.6) is 0 Å². The van der Waals surface area contributed by atoms with Gasteiger partial charge in [0.2, 0.25) is 0 Å². The largest absolute Gasteiger partial charge is 0.481 e. The van der Waals surface area contributed by atoms with Crippen LogP contribution >= 0.6 is 11.3 Å². The third-order valence-corrected chi connectivity index (χ3v) is 4.18. The van der Waals surface area contributed by atoms with Gasteiger partial charge >= 0.3 is 5.97 Å². The lowest BCUT2D eigenvalue weighted by Crippen LogP contribution is -2.28. The van der Waals surface area contributed by atoms with Gasteiger partial charge in [0, 0.05) is 23.5 Å². The number of hydrogen-bond acceptors (Lipinski definition) is 5. The summed E-state index contributed by atoms with van der Waals surface area (Å²) in [4.78, 5) is 15.3.